The minimum Gasteiger partial charge on any atom is -0.490 e. The summed E-state index contributed by atoms with van der Waals surface area (Å²) in [6, 6.07) is 5.11. The molecule has 1 amide bonds. The fraction of sp³-hybridized carbons (Fsp3) is 0.444. The van der Waals surface area contributed by atoms with Crippen molar-refractivity contribution in [1.29, 1.82) is 0 Å². The molecule has 1 aromatic rings. The van der Waals surface area contributed by atoms with Crippen LogP contribution in [-0.4, -0.2) is 54.3 Å². The van der Waals surface area contributed by atoms with Crippen LogP contribution in [0, 0.1) is 0 Å². The number of rotatable bonds is 6. The third-order valence-electron chi connectivity index (χ3n) is 4.26. The maximum absolute atomic E-state index is 12.8. The van der Waals surface area contributed by atoms with Crippen LogP contribution < -0.4 is 9.47 Å². The van der Waals surface area contributed by atoms with Crippen molar-refractivity contribution in [2.45, 2.75) is 26.3 Å². The number of hydrogen-bond donors (Lipinski definition) is 0. The van der Waals surface area contributed by atoms with E-state index >= 15 is 0 Å². The zero-order chi connectivity index (χ0) is 19.6. The lowest BCUT2D eigenvalue weighted by Gasteiger charge is -2.20. The lowest BCUT2D eigenvalue weighted by atomic mass is 10.1. The van der Waals surface area contributed by atoms with Crippen LogP contribution >= 0.6 is 24.0 Å². The number of thioether (sulfide) groups is 1. The molecule has 0 N–H and O–H groups in total. The van der Waals surface area contributed by atoms with Gasteiger partial charge in [-0.1, -0.05) is 30.0 Å². The van der Waals surface area contributed by atoms with Crippen molar-refractivity contribution in [3.8, 4) is 11.5 Å². The average molecular weight is 428 g/mol. The van der Waals surface area contributed by atoms with Gasteiger partial charge in [0.05, 0.1) is 35.7 Å². The number of sulfone groups is 1. The Morgan fingerprint density at radius 1 is 1.26 bits per heavy atom. The minimum atomic E-state index is -3.09. The van der Waals surface area contributed by atoms with E-state index in [-0.39, 0.29) is 23.5 Å². The van der Waals surface area contributed by atoms with E-state index in [0.717, 1.165) is 5.56 Å². The molecule has 2 aliphatic heterocycles. The summed E-state index contributed by atoms with van der Waals surface area (Å²) < 4.78 is 35.1. The molecule has 0 aromatic heterocycles. The number of carbonyl (C=O) groups is 1. The van der Waals surface area contributed by atoms with E-state index in [1.807, 2.05) is 32.0 Å². The van der Waals surface area contributed by atoms with E-state index in [9.17, 15) is 13.2 Å². The molecule has 2 aliphatic rings. The lowest BCUT2D eigenvalue weighted by Crippen LogP contribution is -2.39. The van der Waals surface area contributed by atoms with E-state index in [1.54, 1.807) is 6.08 Å². The normalized spacial score (nSPS) is 23.3. The third kappa shape index (κ3) is 4.47. The van der Waals surface area contributed by atoms with Crippen LogP contribution in [0.1, 0.15) is 25.8 Å². The first-order valence-electron chi connectivity index (χ1n) is 8.71. The Morgan fingerprint density at radius 2 is 1.96 bits per heavy atom. The molecule has 146 valence electrons. The van der Waals surface area contributed by atoms with Gasteiger partial charge in [-0.05, 0) is 44.0 Å². The lowest BCUT2D eigenvalue weighted by molar-refractivity contribution is -0.123. The Kier molecular flexibility index (Phi) is 6.12. The second-order valence-corrected chi connectivity index (χ2v) is 10.1. The van der Waals surface area contributed by atoms with Gasteiger partial charge in [-0.25, -0.2) is 8.42 Å². The minimum absolute atomic E-state index is 0.0235. The standard InChI is InChI=1S/C18H21NO5S3/c1-3-23-14-6-5-12(9-15(14)24-4-2)10-16-17(20)19(18(25)26-16)13-7-8-27(21,22)11-13/h5-6,9-10,13H,3-4,7-8,11H2,1-2H3/b16-10-. The number of hydrogen-bond acceptors (Lipinski definition) is 7. The van der Waals surface area contributed by atoms with Gasteiger partial charge in [0, 0.05) is 0 Å². The Balaban J connectivity index is 1.84. The Bertz CT molecular complexity index is 894. The van der Waals surface area contributed by atoms with Crippen LogP contribution in [0.2, 0.25) is 0 Å². The zero-order valence-electron chi connectivity index (χ0n) is 15.1. The molecule has 1 unspecified atom stereocenters. The molecule has 0 saturated carbocycles. The van der Waals surface area contributed by atoms with E-state index in [1.165, 1.54) is 16.7 Å². The van der Waals surface area contributed by atoms with E-state index in [4.69, 9.17) is 21.7 Å². The van der Waals surface area contributed by atoms with Crippen LogP contribution in [0.25, 0.3) is 6.08 Å². The molecule has 0 aliphatic carbocycles. The van der Waals surface area contributed by atoms with Gasteiger partial charge in [-0.15, -0.1) is 0 Å². The molecule has 1 aromatic carbocycles. The SMILES string of the molecule is CCOc1ccc(/C=C2\SC(=S)N(C3CCS(=O)(=O)C3)C2=O)cc1OCC. The van der Waals surface area contributed by atoms with Crippen LogP contribution in [0.3, 0.4) is 0 Å². The summed E-state index contributed by atoms with van der Waals surface area (Å²) in [5.74, 6) is 1.11. The molecule has 6 nitrogen and oxygen atoms in total. The van der Waals surface area contributed by atoms with Crippen molar-refractivity contribution in [2.24, 2.45) is 0 Å². The molecule has 1 atom stereocenters. The number of nitrogens with zero attached hydrogens (tertiary/aromatic N) is 1. The van der Waals surface area contributed by atoms with Crippen molar-refractivity contribution in [3.05, 3.63) is 28.7 Å². The van der Waals surface area contributed by atoms with Crippen LogP contribution in [0.5, 0.6) is 11.5 Å². The Hall–Kier alpha value is -1.58. The topological polar surface area (TPSA) is 72.9 Å². The predicted octanol–water partition coefficient (Wildman–Crippen LogP) is 2.87. The van der Waals surface area contributed by atoms with Crippen molar-refractivity contribution >= 4 is 50.1 Å². The van der Waals surface area contributed by atoms with Gasteiger partial charge in [-0.2, -0.15) is 0 Å². The summed E-state index contributed by atoms with van der Waals surface area (Å²) >= 11 is 6.53. The van der Waals surface area contributed by atoms with Crippen molar-refractivity contribution in [2.75, 3.05) is 24.7 Å². The molecule has 2 saturated heterocycles. The second kappa shape index (κ2) is 8.20. The quantitative estimate of drug-likeness (QED) is 0.510. The highest BCUT2D eigenvalue weighted by molar-refractivity contribution is 8.26. The molecule has 0 radical (unpaired) electrons. The second-order valence-electron chi connectivity index (χ2n) is 6.18. The maximum Gasteiger partial charge on any atom is 0.266 e. The summed E-state index contributed by atoms with van der Waals surface area (Å²) in [7, 11) is -3.09. The average Bonchev–Trinajstić information content (AvgIpc) is 3.09. The monoisotopic (exact) mass is 427 g/mol. The van der Waals surface area contributed by atoms with Crippen LogP contribution in [0.15, 0.2) is 23.1 Å². The van der Waals surface area contributed by atoms with Gasteiger partial charge in [-0.3, -0.25) is 9.69 Å². The number of ether oxygens (including phenoxy) is 2. The molecule has 0 spiro atoms. The number of carbonyl (C=O) groups excluding carboxylic acids is 1. The predicted molar refractivity (Wildman–Crippen MR) is 111 cm³/mol. The summed E-state index contributed by atoms with van der Waals surface area (Å²) in [5, 5.41) is 0. The molecule has 2 fully saturated rings. The number of amides is 1. The summed E-state index contributed by atoms with van der Waals surface area (Å²) in [6.07, 6.45) is 2.18. The number of thiocarbonyl (C=S) groups is 1. The van der Waals surface area contributed by atoms with Gasteiger partial charge in [0.25, 0.3) is 5.91 Å². The highest BCUT2D eigenvalue weighted by Crippen LogP contribution is 2.37. The van der Waals surface area contributed by atoms with Crippen LogP contribution in [-0.2, 0) is 14.6 Å². The van der Waals surface area contributed by atoms with Crippen molar-refractivity contribution < 1.29 is 22.7 Å². The van der Waals surface area contributed by atoms with Crippen molar-refractivity contribution in [3.63, 3.8) is 0 Å². The van der Waals surface area contributed by atoms with Gasteiger partial charge in [0.1, 0.15) is 4.32 Å². The summed E-state index contributed by atoms with van der Waals surface area (Å²) in [5.41, 5.74) is 0.793. The van der Waals surface area contributed by atoms with Crippen LogP contribution in [0.4, 0.5) is 0 Å². The maximum atomic E-state index is 12.8. The smallest absolute Gasteiger partial charge is 0.266 e. The fourth-order valence-corrected chi connectivity index (χ4v) is 6.18. The molecule has 27 heavy (non-hydrogen) atoms. The van der Waals surface area contributed by atoms with Gasteiger partial charge in [0.15, 0.2) is 21.3 Å². The first-order valence-corrected chi connectivity index (χ1v) is 11.8. The first kappa shape index (κ1) is 20.2. The van der Waals surface area contributed by atoms with Crippen molar-refractivity contribution in [1.82, 2.24) is 4.90 Å². The molecule has 2 heterocycles. The molecular formula is C18H21NO5S3. The Morgan fingerprint density at radius 3 is 2.59 bits per heavy atom. The van der Waals surface area contributed by atoms with Gasteiger partial charge in [0.2, 0.25) is 0 Å². The first-order chi connectivity index (χ1) is 12.8. The third-order valence-corrected chi connectivity index (χ3v) is 7.34. The highest BCUT2D eigenvalue weighted by atomic mass is 32.2. The molecule has 3 rings (SSSR count). The zero-order valence-corrected chi connectivity index (χ0v) is 17.6. The van der Waals surface area contributed by atoms with E-state index in [0.29, 0.717) is 40.4 Å². The summed E-state index contributed by atoms with van der Waals surface area (Å²) in [4.78, 5) is 14.7. The highest BCUT2D eigenvalue weighted by Gasteiger charge is 2.42. The molecule has 0 bridgehead atoms. The molecular weight excluding hydrogens is 406 g/mol. The van der Waals surface area contributed by atoms with E-state index in [2.05, 4.69) is 0 Å². The number of benzene rings is 1. The van der Waals surface area contributed by atoms with Gasteiger partial charge >= 0.3 is 0 Å². The van der Waals surface area contributed by atoms with Gasteiger partial charge < -0.3 is 9.47 Å². The Labute approximate surface area is 168 Å². The fourth-order valence-electron chi connectivity index (χ4n) is 3.08. The molecule has 9 heteroatoms. The van der Waals surface area contributed by atoms with E-state index < -0.39 is 9.84 Å². The summed E-state index contributed by atoms with van der Waals surface area (Å²) in [6.45, 7) is 4.82. The largest absolute Gasteiger partial charge is 0.490 e.